The number of carbonyl (C=O) groups excluding carboxylic acids is 5. The maximum atomic E-state index is 15.4. The Balaban J connectivity index is 0.708. The maximum absolute atomic E-state index is 15.4. The van der Waals surface area contributed by atoms with Crippen molar-refractivity contribution >= 4 is 75.4 Å². The van der Waals surface area contributed by atoms with Crippen LogP contribution in [0.3, 0.4) is 0 Å². The molecule has 18 heteroatoms. The number of anilines is 2. The summed E-state index contributed by atoms with van der Waals surface area (Å²) >= 11 is 12.4. The van der Waals surface area contributed by atoms with E-state index in [2.05, 4.69) is 40.4 Å². The second kappa shape index (κ2) is 16.7. The summed E-state index contributed by atoms with van der Waals surface area (Å²) in [6.45, 7) is 5.09. The summed E-state index contributed by atoms with van der Waals surface area (Å²) in [5.74, 6) is -1.55. The molecule has 3 saturated heterocycles. The van der Waals surface area contributed by atoms with E-state index in [4.69, 9.17) is 23.2 Å². The van der Waals surface area contributed by atoms with Crippen molar-refractivity contribution in [1.29, 1.82) is 0 Å². The molecule has 4 aliphatic heterocycles. The van der Waals surface area contributed by atoms with E-state index >= 15 is 4.39 Å². The largest absolute Gasteiger partial charge is 0.369 e. The molecule has 0 bridgehead atoms. The molecule has 3 N–H and O–H groups in total. The fourth-order valence-corrected chi connectivity index (χ4v) is 10.0. The molecule has 4 fully saturated rings. The molecule has 0 spiro atoms. The van der Waals surface area contributed by atoms with Crippen LogP contribution in [-0.4, -0.2) is 110 Å². The molecule has 1 saturated carbocycles. The first-order valence-corrected chi connectivity index (χ1v) is 21.5. The molecule has 5 aliphatic rings. The van der Waals surface area contributed by atoms with Crippen LogP contribution in [0.2, 0.25) is 10.0 Å². The van der Waals surface area contributed by atoms with Crippen molar-refractivity contribution in [3.05, 3.63) is 75.5 Å². The van der Waals surface area contributed by atoms with E-state index in [9.17, 15) is 24.0 Å². The Hall–Kier alpha value is -5.19. The van der Waals surface area contributed by atoms with Crippen LogP contribution in [-0.2, 0) is 9.59 Å². The highest BCUT2D eigenvalue weighted by atomic mass is 35.5. The number of nitrogens with zero attached hydrogens (tertiary/aromatic N) is 7. The van der Waals surface area contributed by atoms with Gasteiger partial charge in [-0.2, -0.15) is 0 Å². The van der Waals surface area contributed by atoms with Crippen LogP contribution < -0.4 is 20.9 Å². The number of benzene rings is 2. The number of halogens is 3. The van der Waals surface area contributed by atoms with E-state index in [-0.39, 0.29) is 42.0 Å². The Bertz CT molecular complexity index is 2350. The summed E-state index contributed by atoms with van der Waals surface area (Å²) in [6, 6.07) is 6.63. The molecule has 6 heterocycles. The molecule has 2 aromatic carbocycles. The summed E-state index contributed by atoms with van der Waals surface area (Å²) in [5.41, 5.74) is 2.11. The lowest BCUT2D eigenvalue weighted by atomic mass is 9.86. The molecule has 0 unspecified atom stereocenters. The van der Waals surface area contributed by atoms with Gasteiger partial charge >= 0.3 is 0 Å². The van der Waals surface area contributed by atoms with E-state index in [0.29, 0.717) is 52.0 Å². The van der Waals surface area contributed by atoms with Crippen LogP contribution >= 0.6 is 23.2 Å². The Labute approximate surface area is 355 Å². The van der Waals surface area contributed by atoms with Crippen LogP contribution in [0.25, 0.3) is 11.2 Å². The zero-order valence-corrected chi connectivity index (χ0v) is 34.4. The number of hydrogen-bond donors (Lipinski definition) is 3. The summed E-state index contributed by atoms with van der Waals surface area (Å²) < 4.78 is 17.5. The van der Waals surface area contributed by atoms with Gasteiger partial charge in [-0.1, -0.05) is 29.3 Å². The number of carbonyl (C=O) groups is 5. The molecular weight excluding hydrogens is 814 g/mol. The Morgan fingerprint density at radius 3 is 2.30 bits per heavy atom. The molecule has 60 heavy (non-hydrogen) atoms. The highest BCUT2D eigenvalue weighted by Crippen LogP contribution is 2.37. The van der Waals surface area contributed by atoms with Gasteiger partial charge in [0.2, 0.25) is 11.8 Å². The summed E-state index contributed by atoms with van der Waals surface area (Å²) in [4.78, 5) is 82.3. The number of imide groups is 2. The predicted molar refractivity (Wildman–Crippen MR) is 222 cm³/mol. The highest BCUT2D eigenvalue weighted by molar-refractivity contribution is 6.39. The van der Waals surface area contributed by atoms with Gasteiger partial charge in [0.05, 0.1) is 38.8 Å². The van der Waals surface area contributed by atoms with Crippen LogP contribution in [0, 0.1) is 17.7 Å². The monoisotopic (exact) mass is 858 g/mol. The first kappa shape index (κ1) is 40.2. The molecule has 5 amide bonds. The first-order valence-electron chi connectivity index (χ1n) is 20.7. The minimum Gasteiger partial charge on any atom is -0.369 e. The van der Waals surface area contributed by atoms with Crippen LogP contribution in [0.4, 0.5) is 15.9 Å². The Kier molecular flexibility index (Phi) is 11.2. The third-order valence-electron chi connectivity index (χ3n) is 12.9. The third-order valence-corrected chi connectivity index (χ3v) is 13.6. The molecule has 314 valence electrons. The number of imidazole rings is 1. The van der Waals surface area contributed by atoms with Gasteiger partial charge in [0.25, 0.3) is 17.7 Å². The molecule has 0 radical (unpaired) electrons. The average molecular weight is 860 g/mol. The van der Waals surface area contributed by atoms with E-state index in [0.717, 1.165) is 93.3 Å². The second-order valence-electron chi connectivity index (χ2n) is 16.6. The van der Waals surface area contributed by atoms with Crippen LogP contribution in [0.5, 0.6) is 0 Å². The quantitative estimate of drug-likeness (QED) is 0.169. The normalized spacial score (nSPS) is 22.9. The van der Waals surface area contributed by atoms with E-state index < -0.39 is 35.5 Å². The molecular formula is C42H45Cl2FN10O5. The van der Waals surface area contributed by atoms with E-state index in [1.807, 2.05) is 4.90 Å². The van der Waals surface area contributed by atoms with Crippen molar-refractivity contribution in [2.45, 2.75) is 75.9 Å². The fraction of sp³-hybridized carbons (Fsp3) is 0.476. The first-order chi connectivity index (χ1) is 29.0. The summed E-state index contributed by atoms with van der Waals surface area (Å²) in [7, 11) is 0. The van der Waals surface area contributed by atoms with Crippen molar-refractivity contribution in [2.24, 2.45) is 11.8 Å². The van der Waals surface area contributed by atoms with Gasteiger partial charge in [-0.05, 0) is 101 Å². The van der Waals surface area contributed by atoms with Crippen molar-refractivity contribution in [1.82, 2.24) is 40.0 Å². The molecule has 1 aliphatic carbocycles. The van der Waals surface area contributed by atoms with Gasteiger partial charge in [0.1, 0.15) is 23.7 Å². The van der Waals surface area contributed by atoms with Gasteiger partial charge in [0, 0.05) is 44.7 Å². The lowest BCUT2D eigenvalue weighted by Gasteiger charge is -2.38. The standard InChI is InChI=1S/C42H45Cl2FN10O5/c43-29-2-1-3-30(44)35(29)40(58)50-25-16-26(17-25)54-22-49-36-37(47-21-48-38(36)54)46-11-6-23-7-12-52(13-8-23)20-24-9-14-53(15-10-24)33-19-28-27(18-31(33)45)41(59)55(42(28)60)32-4-5-34(56)51-39(32)57/h1-3,18-19,21-26,32H,4-17,20H2,(H,50,58)(H,46,47,48)(H,51,56,57)/t25?,26?,32-/m0/s1. The Morgan fingerprint density at radius 2 is 1.58 bits per heavy atom. The van der Waals surface area contributed by atoms with Crippen LogP contribution in [0.15, 0.2) is 43.0 Å². The summed E-state index contributed by atoms with van der Waals surface area (Å²) in [5, 5.41) is 9.38. The maximum Gasteiger partial charge on any atom is 0.262 e. The molecule has 15 nitrogen and oxygen atoms in total. The topological polar surface area (TPSA) is 175 Å². The number of amides is 5. The smallest absolute Gasteiger partial charge is 0.262 e. The van der Waals surface area contributed by atoms with E-state index in [1.165, 1.54) is 6.07 Å². The van der Waals surface area contributed by atoms with Crippen molar-refractivity contribution in [3.8, 4) is 0 Å². The van der Waals surface area contributed by atoms with Crippen molar-refractivity contribution in [3.63, 3.8) is 0 Å². The van der Waals surface area contributed by atoms with Crippen molar-refractivity contribution in [2.75, 3.05) is 49.5 Å². The Morgan fingerprint density at radius 1 is 0.883 bits per heavy atom. The van der Waals surface area contributed by atoms with Gasteiger partial charge in [-0.3, -0.25) is 34.2 Å². The van der Waals surface area contributed by atoms with Gasteiger partial charge < -0.3 is 25.0 Å². The van der Waals surface area contributed by atoms with Gasteiger partial charge in [-0.25, -0.2) is 19.3 Å². The van der Waals surface area contributed by atoms with Gasteiger partial charge in [-0.15, -0.1) is 0 Å². The molecule has 4 aromatic rings. The zero-order valence-electron chi connectivity index (χ0n) is 32.8. The number of aromatic nitrogens is 4. The second-order valence-corrected chi connectivity index (χ2v) is 17.4. The number of nitrogens with one attached hydrogen (secondary N) is 3. The minimum absolute atomic E-state index is 0.00806. The number of hydrogen-bond acceptors (Lipinski definition) is 11. The fourth-order valence-electron chi connectivity index (χ4n) is 9.45. The number of piperidine rings is 3. The lowest BCUT2D eigenvalue weighted by Crippen LogP contribution is -2.54. The SMILES string of the molecule is O=C1CC[C@H](N2C(=O)c3cc(F)c(N4CCC(CN5CCC(CCNc6ncnc7c6ncn7C6CC(NC(=O)c7c(Cl)cccc7Cl)C6)CC5)CC4)cc3C2=O)C(=O)N1. The lowest BCUT2D eigenvalue weighted by molar-refractivity contribution is -0.136. The average Bonchev–Trinajstić information content (AvgIpc) is 3.74. The van der Waals surface area contributed by atoms with Crippen molar-refractivity contribution < 1.29 is 28.4 Å². The molecule has 9 rings (SSSR count). The van der Waals surface area contributed by atoms with E-state index in [1.54, 1.807) is 30.9 Å². The number of fused-ring (bicyclic) bond motifs is 2. The number of rotatable bonds is 11. The third kappa shape index (κ3) is 7.80. The highest BCUT2D eigenvalue weighted by Gasteiger charge is 2.45. The number of likely N-dealkylation sites (tertiary alicyclic amines) is 1. The van der Waals surface area contributed by atoms with Crippen LogP contribution in [0.1, 0.15) is 94.9 Å². The molecule has 1 atom stereocenters. The summed E-state index contributed by atoms with van der Waals surface area (Å²) in [6.07, 6.45) is 9.92. The van der Waals surface area contributed by atoms with Gasteiger partial charge in [0.15, 0.2) is 11.5 Å². The predicted octanol–water partition coefficient (Wildman–Crippen LogP) is 5.24. The minimum atomic E-state index is -1.09. The molecule has 2 aromatic heterocycles. The zero-order chi connectivity index (χ0) is 41.7.